The van der Waals surface area contributed by atoms with E-state index in [1.807, 2.05) is 6.07 Å². The summed E-state index contributed by atoms with van der Waals surface area (Å²) in [5.74, 6) is -1.28. The van der Waals surface area contributed by atoms with Crippen molar-refractivity contribution < 1.29 is 9.59 Å². The number of benzene rings is 1. The van der Waals surface area contributed by atoms with Gasteiger partial charge in [0, 0.05) is 29.1 Å². The molecule has 0 radical (unpaired) electrons. The average Bonchev–Trinajstić information content (AvgIpc) is 2.80. The van der Waals surface area contributed by atoms with E-state index in [-0.39, 0.29) is 11.6 Å². The van der Waals surface area contributed by atoms with E-state index in [4.69, 9.17) is 0 Å². The first-order chi connectivity index (χ1) is 10.7. The summed E-state index contributed by atoms with van der Waals surface area (Å²) in [5, 5.41) is 7.94. The molecule has 22 heavy (non-hydrogen) atoms. The van der Waals surface area contributed by atoms with Crippen LogP contribution in [0.4, 0.5) is 0 Å². The first-order valence-electron chi connectivity index (χ1n) is 6.83. The lowest BCUT2D eigenvalue weighted by molar-refractivity contribution is 0.0883. The first-order valence-corrected chi connectivity index (χ1v) is 6.83. The van der Waals surface area contributed by atoms with Crippen LogP contribution in [0.1, 0.15) is 33.2 Å². The molecule has 0 saturated heterocycles. The molecular formula is C17H13N3O2. The molecule has 2 aromatic rings. The van der Waals surface area contributed by atoms with Crippen LogP contribution >= 0.6 is 0 Å². The van der Waals surface area contributed by atoms with E-state index >= 15 is 0 Å². The maximum Gasteiger partial charge on any atom is 0.180 e. The minimum absolute atomic E-state index is 0.210. The Morgan fingerprint density at radius 3 is 2.36 bits per heavy atom. The summed E-state index contributed by atoms with van der Waals surface area (Å²) < 4.78 is 0. The zero-order chi connectivity index (χ0) is 15.5. The molecule has 0 amide bonds. The number of fused-ring (bicyclic) bond motifs is 1. The molecule has 108 valence electrons. The van der Waals surface area contributed by atoms with Crippen molar-refractivity contribution in [3.05, 3.63) is 65.5 Å². The predicted octanol–water partition coefficient (Wildman–Crippen LogP) is 2.57. The molecule has 0 saturated carbocycles. The summed E-state index contributed by atoms with van der Waals surface area (Å²) in [4.78, 5) is 28.6. The van der Waals surface area contributed by atoms with Crippen molar-refractivity contribution in [3.8, 4) is 0 Å². The van der Waals surface area contributed by atoms with Gasteiger partial charge in [0.15, 0.2) is 11.6 Å². The van der Waals surface area contributed by atoms with Crippen LogP contribution in [-0.4, -0.2) is 28.5 Å². The van der Waals surface area contributed by atoms with Crippen molar-refractivity contribution >= 4 is 23.5 Å². The number of carbonyl (C=O) groups is 2. The van der Waals surface area contributed by atoms with E-state index in [2.05, 4.69) is 15.2 Å². The third-order valence-electron chi connectivity index (χ3n) is 3.51. The third kappa shape index (κ3) is 2.48. The highest BCUT2D eigenvalue weighted by atomic mass is 16.2. The lowest BCUT2D eigenvalue weighted by Gasteiger charge is -2.03. The summed E-state index contributed by atoms with van der Waals surface area (Å²) >= 11 is 0. The van der Waals surface area contributed by atoms with Crippen LogP contribution in [0.3, 0.4) is 0 Å². The zero-order valence-corrected chi connectivity index (χ0v) is 11.9. The van der Waals surface area contributed by atoms with Gasteiger partial charge in [0.1, 0.15) is 5.92 Å². The minimum Gasteiger partial charge on any atom is -0.293 e. The molecule has 5 heteroatoms. The van der Waals surface area contributed by atoms with Gasteiger partial charge in [-0.15, -0.1) is 0 Å². The van der Waals surface area contributed by atoms with Crippen LogP contribution in [0.25, 0.3) is 0 Å². The quantitative estimate of drug-likeness (QED) is 0.495. The topological polar surface area (TPSA) is 71.8 Å². The molecule has 0 fully saturated rings. The lowest BCUT2D eigenvalue weighted by Crippen LogP contribution is -2.23. The molecule has 1 heterocycles. The van der Waals surface area contributed by atoms with E-state index in [0.29, 0.717) is 16.8 Å². The van der Waals surface area contributed by atoms with Gasteiger partial charge in [0.25, 0.3) is 0 Å². The van der Waals surface area contributed by atoms with Crippen LogP contribution in [0.5, 0.6) is 0 Å². The molecule has 1 aliphatic rings. The normalized spacial score (nSPS) is 15.6. The SMILES string of the molecule is C/C(=N/N=C\c1cccnc1)C1C(=O)c2ccccc2C1=O. The molecule has 0 bridgehead atoms. The number of rotatable bonds is 3. The molecule has 1 aliphatic carbocycles. The molecule has 0 spiro atoms. The lowest BCUT2D eigenvalue weighted by atomic mass is 9.99. The van der Waals surface area contributed by atoms with Crippen molar-refractivity contribution in [3.63, 3.8) is 0 Å². The predicted molar refractivity (Wildman–Crippen MR) is 83.5 cm³/mol. The second-order valence-corrected chi connectivity index (χ2v) is 4.98. The van der Waals surface area contributed by atoms with Gasteiger partial charge in [0.2, 0.25) is 0 Å². The Hall–Kier alpha value is -2.95. The van der Waals surface area contributed by atoms with Gasteiger partial charge in [-0.1, -0.05) is 30.3 Å². The highest BCUT2D eigenvalue weighted by molar-refractivity contribution is 6.36. The molecule has 0 unspecified atom stereocenters. The summed E-state index contributed by atoms with van der Waals surface area (Å²) in [6.45, 7) is 1.65. The number of hydrogen-bond donors (Lipinski definition) is 0. The Bertz CT molecular complexity index is 760. The van der Waals surface area contributed by atoms with Crippen molar-refractivity contribution in [1.29, 1.82) is 0 Å². The van der Waals surface area contributed by atoms with E-state index < -0.39 is 5.92 Å². The number of Topliss-reactive ketones (excluding diaryl/α,β-unsaturated/α-hetero) is 2. The number of aromatic nitrogens is 1. The highest BCUT2D eigenvalue weighted by Gasteiger charge is 2.40. The third-order valence-corrected chi connectivity index (χ3v) is 3.51. The van der Waals surface area contributed by atoms with Gasteiger partial charge < -0.3 is 0 Å². The summed E-state index contributed by atoms with van der Waals surface area (Å²) in [5.41, 5.74) is 2.12. The van der Waals surface area contributed by atoms with Crippen LogP contribution in [0.15, 0.2) is 59.0 Å². The molecule has 0 aliphatic heterocycles. The van der Waals surface area contributed by atoms with Gasteiger partial charge in [-0.3, -0.25) is 14.6 Å². The smallest absolute Gasteiger partial charge is 0.180 e. The van der Waals surface area contributed by atoms with E-state index in [1.165, 1.54) is 6.21 Å². The fourth-order valence-electron chi connectivity index (χ4n) is 2.42. The number of ketones is 2. The monoisotopic (exact) mass is 291 g/mol. The van der Waals surface area contributed by atoms with Gasteiger partial charge in [-0.25, -0.2) is 0 Å². The standard InChI is InChI=1S/C17H13N3O2/c1-11(20-19-10-12-5-4-8-18-9-12)15-16(21)13-6-2-3-7-14(13)17(15)22/h2-10,15H,1H3/b19-10-,20-11-. The van der Waals surface area contributed by atoms with Gasteiger partial charge in [-0.05, 0) is 13.0 Å². The Morgan fingerprint density at radius 2 is 1.77 bits per heavy atom. The second-order valence-electron chi connectivity index (χ2n) is 4.98. The maximum absolute atomic E-state index is 12.3. The Labute approximate surface area is 127 Å². The molecular weight excluding hydrogens is 278 g/mol. The fourth-order valence-corrected chi connectivity index (χ4v) is 2.42. The Morgan fingerprint density at radius 1 is 1.09 bits per heavy atom. The van der Waals surface area contributed by atoms with Crippen molar-refractivity contribution in [1.82, 2.24) is 4.98 Å². The first kappa shape index (κ1) is 14.0. The second kappa shape index (κ2) is 5.81. The summed E-state index contributed by atoms with van der Waals surface area (Å²) in [7, 11) is 0. The average molecular weight is 291 g/mol. The largest absolute Gasteiger partial charge is 0.293 e. The Kier molecular flexibility index (Phi) is 3.70. The molecule has 0 N–H and O–H groups in total. The number of hydrogen-bond acceptors (Lipinski definition) is 5. The fraction of sp³-hybridized carbons (Fsp3) is 0.118. The highest BCUT2D eigenvalue weighted by Crippen LogP contribution is 2.27. The van der Waals surface area contributed by atoms with E-state index in [9.17, 15) is 9.59 Å². The molecule has 5 nitrogen and oxygen atoms in total. The molecule has 1 aromatic heterocycles. The number of carbonyl (C=O) groups excluding carboxylic acids is 2. The number of nitrogens with zero attached hydrogens (tertiary/aromatic N) is 3. The summed E-state index contributed by atoms with van der Waals surface area (Å²) in [6.07, 6.45) is 4.85. The number of pyridine rings is 1. The van der Waals surface area contributed by atoms with Crippen LogP contribution < -0.4 is 0 Å². The Balaban J connectivity index is 1.83. The van der Waals surface area contributed by atoms with Crippen LogP contribution in [-0.2, 0) is 0 Å². The van der Waals surface area contributed by atoms with Crippen LogP contribution in [0, 0.1) is 5.92 Å². The maximum atomic E-state index is 12.3. The van der Waals surface area contributed by atoms with Gasteiger partial charge >= 0.3 is 0 Å². The van der Waals surface area contributed by atoms with Crippen molar-refractivity contribution in [2.24, 2.45) is 16.1 Å². The summed E-state index contributed by atoms with van der Waals surface area (Å²) in [6, 6.07) is 10.5. The van der Waals surface area contributed by atoms with Crippen LogP contribution in [0.2, 0.25) is 0 Å². The van der Waals surface area contributed by atoms with Crippen molar-refractivity contribution in [2.75, 3.05) is 0 Å². The minimum atomic E-state index is -0.858. The van der Waals surface area contributed by atoms with Crippen molar-refractivity contribution in [2.45, 2.75) is 6.92 Å². The zero-order valence-electron chi connectivity index (χ0n) is 11.9. The van der Waals surface area contributed by atoms with Gasteiger partial charge in [-0.2, -0.15) is 10.2 Å². The molecule has 1 aromatic carbocycles. The molecule has 0 atom stereocenters. The van der Waals surface area contributed by atoms with E-state index in [1.54, 1.807) is 49.6 Å². The van der Waals surface area contributed by atoms with E-state index in [0.717, 1.165) is 5.56 Å². The van der Waals surface area contributed by atoms with Gasteiger partial charge in [0.05, 0.1) is 11.9 Å². The molecule has 3 rings (SSSR count).